The summed E-state index contributed by atoms with van der Waals surface area (Å²) >= 11 is 0. The quantitative estimate of drug-likeness (QED) is 0.865. The number of cyclic esters (lactones) is 1. The van der Waals surface area contributed by atoms with Gasteiger partial charge in [0.25, 0.3) is 0 Å². The Labute approximate surface area is 138 Å². The number of rotatable bonds is 4. The standard InChI is InChI=1S/C18H15NO5/c20-16-11-23-17-8-13(6-7-15(16)17)22-10-14-9-19(18(21)24-14)12-4-2-1-3-5-12/h1-8,14H,9-11H2/t14-/m0/s1. The van der Waals surface area contributed by atoms with Gasteiger partial charge in [-0.15, -0.1) is 0 Å². The van der Waals surface area contributed by atoms with Crippen LogP contribution < -0.4 is 14.4 Å². The molecule has 4 rings (SSSR count). The van der Waals surface area contributed by atoms with E-state index in [1.165, 1.54) is 0 Å². The van der Waals surface area contributed by atoms with Gasteiger partial charge >= 0.3 is 6.09 Å². The van der Waals surface area contributed by atoms with Crippen LogP contribution in [-0.2, 0) is 4.74 Å². The molecule has 0 radical (unpaired) electrons. The summed E-state index contributed by atoms with van der Waals surface area (Å²) in [6.07, 6.45) is -0.730. The number of hydrogen-bond donors (Lipinski definition) is 0. The summed E-state index contributed by atoms with van der Waals surface area (Å²) in [6, 6.07) is 14.5. The van der Waals surface area contributed by atoms with Gasteiger partial charge < -0.3 is 14.2 Å². The fourth-order valence-electron chi connectivity index (χ4n) is 2.78. The molecule has 2 aromatic carbocycles. The number of Topliss-reactive ketones (excluding diaryl/α,β-unsaturated/α-hetero) is 1. The van der Waals surface area contributed by atoms with E-state index in [0.29, 0.717) is 23.6 Å². The van der Waals surface area contributed by atoms with Crippen molar-refractivity contribution in [2.24, 2.45) is 0 Å². The lowest BCUT2D eigenvalue weighted by atomic mass is 10.1. The first kappa shape index (κ1) is 14.6. The number of fused-ring (bicyclic) bond motifs is 1. The highest BCUT2D eigenvalue weighted by atomic mass is 16.6. The Kier molecular flexibility index (Phi) is 3.57. The Morgan fingerprint density at radius 2 is 1.96 bits per heavy atom. The van der Waals surface area contributed by atoms with Crippen LogP contribution in [0.4, 0.5) is 10.5 Å². The number of carbonyl (C=O) groups is 2. The largest absolute Gasteiger partial charge is 0.490 e. The number of ketones is 1. The predicted octanol–water partition coefficient (Wildman–Crippen LogP) is 2.67. The maximum atomic E-state index is 12.0. The van der Waals surface area contributed by atoms with Gasteiger partial charge in [-0.05, 0) is 24.3 Å². The van der Waals surface area contributed by atoms with E-state index < -0.39 is 0 Å². The van der Waals surface area contributed by atoms with Gasteiger partial charge in [0, 0.05) is 11.8 Å². The molecule has 0 saturated carbocycles. The average Bonchev–Trinajstić information content (AvgIpc) is 3.17. The van der Waals surface area contributed by atoms with E-state index in [1.807, 2.05) is 30.3 Å². The second-order valence-electron chi connectivity index (χ2n) is 5.63. The first-order valence-electron chi connectivity index (χ1n) is 7.67. The van der Waals surface area contributed by atoms with Crippen molar-refractivity contribution in [2.75, 3.05) is 24.7 Å². The van der Waals surface area contributed by atoms with Crippen molar-refractivity contribution >= 4 is 17.6 Å². The predicted molar refractivity (Wildman–Crippen MR) is 85.8 cm³/mol. The zero-order valence-electron chi connectivity index (χ0n) is 12.8. The third-order valence-electron chi connectivity index (χ3n) is 3.99. The molecule has 122 valence electrons. The lowest BCUT2D eigenvalue weighted by molar-refractivity contribution is 0.0961. The minimum atomic E-state index is -0.377. The Morgan fingerprint density at radius 1 is 1.12 bits per heavy atom. The summed E-state index contributed by atoms with van der Waals surface area (Å²) in [7, 11) is 0. The molecule has 2 aliphatic rings. The highest BCUT2D eigenvalue weighted by Crippen LogP contribution is 2.30. The molecule has 0 bridgehead atoms. The van der Waals surface area contributed by atoms with Crippen molar-refractivity contribution in [2.45, 2.75) is 6.10 Å². The first-order valence-corrected chi connectivity index (χ1v) is 7.67. The molecule has 1 amide bonds. The molecule has 0 N–H and O–H groups in total. The molecule has 24 heavy (non-hydrogen) atoms. The van der Waals surface area contributed by atoms with Crippen molar-refractivity contribution in [3.05, 3.63) is 54.1 Å². The molecule has 2 aromatic rings. The molecule has 1 fully saturated rings. The molecule has 0 aromatic heterocycles. The first-order chi connectivity index (χ1) is 11.7. The van der Waals surface area contributed by atoms with Gasteiger partial charge in [-0.3, -0.25) is 9.69 Å². The molecular weight excluding hydrogens is 310 g/mol. The second-order valence-corrected chi connectivity index (χ2v) is 5.63. The normalized spacial score (nSPS) is 19.0. The summed E-state index contributed by atoms with van der Waals surface area (Å²) in [5.41, 5.74) is 1.37. The van der Waals surface area contributed by atoms with Crippen LogP contribution in [-0.4, -0.2) is 37.7 Å². The van der Waals surface area contributed by atoms with Crippen molar-refractivity contribution in [3.8, 4) is 11.5 Å². The van der Waals surface area contributed by atoms with E-state index in [1.54, 1.807) is 23.1 Å². The lowest BCUT2D eigenvalue weighted by Crippen LogP contribution is -2.26. The minimum Gasteiger partial charge on any atom is -0.490 e. The number of ether oxygens (including phenoxy) is 3. The number of nitrogens with zero attached hydrogens (tertiary/aromatic N) is 1. The smallest absolute Gasteiger partial charge is 0.414 e. The second kappa shape index (κ2) is 5.88. The number of hydrogen-bond acceptors (Lipinski definition) is 5. The topological polar surface area (TPSA) is 65.1 Å². The number of benzene rings is 2. The van der Waals surface area contributed by atoms with Crippen molar-refractivity contribution in [1.29, 1.82) is 0 Å². The van der Waals surface area contributed by atoms with E-state index in [2.05, 4.69) is 0 Å². The molecule has 1 atom stereocenters. The molecule has 1 saturated heterocycles. The molecule has 2 heterocycles. The molecule has 6 nitrogen and oxygen atoms in total. The summed E-state index contributed by atoms with van der Waals surface area (Å²) < 4.78 is 16.3. The third-order valence-corrected chi connectivity index (χ3v) is 3.99. The monoisotopic (exact) mass is 325 g/mol. The van der Waals surface area contributed by atoms with Crippen LogP contribution in [0.25, 0.3) is 0 Å². The zero-order valence-corrected chi connectivity index (χ0v) is 12.8. The van der Waals surface area contributed by atoms with Crippen molar-refractivity contribution in [1.82, 2.24) is 0 Å². The van der Waals surface area contributed by atoms with E-state index in [-0.39, 0.29) is 31.2 Å². The molecule has 0 spiro atoms. The van der Waals surface area contributed by atoms with Crippen LogP contribution in [0.15, 0.2) is 48.5 Å². The summed E-state index contributed by atoms with van der Waals surface area (Å²) in [4.78, 5) is 25.1. The van der Waals surface area contributed by atoms with E-state index >= 15 is 0 Å². The average molecular weight is 325 g/mol. The Balaban J connectivity index is 1.39. The van der Waals surface area contributed by atoms with E-state index in [0.717, 1.165) is 5.69 Å². The van der Waals surface area contributed by atoms with Gasteiger partial charge in [0.2, 0.25) is 5.78 Å². The van der Waals surface area contributed by atoms with Gasteiger partial charge in [-0.25, -0.2) is 4.79 Å². The minimum absolute atomic E-state index is 0.0280. The highest BCUT2D eigenvalue weighted by molar-refractivity contribution is 6.02. The van der Waals surface area contributed by atoms with Gasteiger partial charge in [0.1, 0.15) is 18.1 Å². The Hall–Kier alpha value is -3.02. The Bertz CT molecular complexity index is 789. The van der Waals surface area contributed by atoms with Gasteiger partial charge in [0.15, 0.2) is 12.7 Å². The zero-order chi connectivity index (χ0) is 16.5. The maximum absolute atomic E-state index is 12.0. The highest BCUT2D eigenvalue weighted by Gasteiger charge is 2.32. The van der Waals surface area contributed by atoms with E-state index in [4.69, 9.17) is 14.2 Å². The number of anilines is 1. The molecular formula is C18H15NO5. The van der Waals surface area contributed by atoms with Crippen molar-refractivity contribution < 1.29 is 23.8 Å². The van der Waals surface area contributed by atoms with Crippen LogP contribution in [0.5, 0.6) is 11.5 Å². The molecule has 0 unspecified atom stereocenters. The lowest BCUT2D eigenvalue weighted by Gasteiger charge is -2.13. The fraction of sp³-hybridized carbons (Fsp3) is 0.222. The van der Waals surface area contributed by atoms with Crippen LogP contribution in [0, 0.1) is 0 Å². The third kappa shape index (κ3) is 2.67. The summed E-state index contributed by atoms with van der Waals surface area (Å²) in [5, 5.41) is 0. The molecule has 2 aliphatic heterocycles. The van der Waals surface area contributed by atoms with Gasteiger partial charge in [-0.1, -0.05) is 18.2 Å². The number of para-hydroxylation sites is 1. The Morgan fingerprint density at radius 3 is 2.79 bits per heavy atom. The van der Waals surface area contributed by atoms with Gasteiger partial charge in [-0.2, -0.15) is 0 Å². The molecule has 0 aliphatic carbocycles. The van der Waals surface area contributed by atoms with Crippen LogP contribution >= 0.6 is 0 Å². The molecule has 6 heteroatoms. The fourth-order valence-corrected chi connectivity index (χ4v) is 2.78. The summed E-state index contributed by atoms with van der Waals surface area (Å²) in [6.45, 7) is 0.746. The van der Waals surface area contributed by atoms with Crippen LogP contribution in [0.3, 0.4) is 0 Å². The van der Waals surface area contributed by atoms with Gasteiger partial charge in [0.05, 0.1) is 12.1 Å². The number of amides is 1. The maximum Gasteiger partial charge on any atom is 0.414 e. The van der Waals surface area contributed by atoms with Crippen LogP contribution in [0.2, 0.25) is 0 Å². The van der Waals surface area contributed by atoms with E-state index in [9.17, 15) is 9.59 Å². The number of carbonyl (C=O) groups excluding carboxylic acids is 2. The SMILES string of the molecule is O=C1COc2cc(OC[C@@H]3CN(c4ccccc4)C(=O)O3)ccc21. The van der Waals surface area contributed by atoms with Crippen molar-refractivity contribution in [3.63, 3.8) is 0 Å². The van der Waals surface area contributed by atoms with Crippen LogP contribution in [0.1, 0.15) is 10.4 Å². The summed E-state index contributed by atoms with van der Waals surface area (Å²) in [5.74, 6) is 1.09.